The standard InChI is InChI=1S/C72H58B2N4/c1-43-21-19-22-44(2)68(43)51-35-47(5)70(48(6)36-51)73-59-27-11-12-28-60(59)74(71-49(7)37-52(38-50(71)8)69-45(3)23-20-24-46(69)4)72-58(62-29-15-17-33-75-62)39-53(40-61(72)73)77-63-30-13-9-25-54(63)56-41-57-55-26-10-14-31-64(55)78(66(57)42-65(56)77)67-32-16-18-34-76-67/h9-42H,1-8H3. The molecule has 0 N–H and O–H groups in total. The molecule has 0 saturated heterocycles. The fourth-order valence-corrected chi connectivity index (χ4v) is 14.2. The summed E-state index contributed by atoms with van der Waals surface area (Å²) in [5.41, 5.74) is 31.2. The Bertz CT molecular complexity index is 4520. The third kappa shape index (κ3) is 7.30. The fraction of sp³-hybridized carbons (Fsp3) is 0.111. The lowest BCUT2D eigenvalue weighted by Crippen LogP contribution is -2.76. The molecule has 1 aliphatic rings. The average Bonchev–Trinajstić information content (AvgIpc) is 3.95. The van der Waals surface area contributed by atoms with Crippen molar-refractivity contribution >= 4 is 89.8 Å². The molecule has 372 valence electrons. The smallest absolute Gasteiger partial charge is 0.241 e. The van der Waals surface area contributed by atoms with Crippen LogP contribution in [0.4, 0.5) is 0 Å². The second-order valence-electron chi connectivity index (χ2n) is 22.1. The highest BCUT2D eigenvalue weighted by molar-refractivity contribution is 7.12. The van der Waals surface area contributed by atoms with E-state index in [-0.39, 0.29) is 13.4 Å². The Hall–Kier alpha value is -8.99. The van der Waals surface area contributed by atoms with Crippen LogP contribution in [0.25, 0.3) is 88.6 Å². The van der Waals surface area contributed by atoms with Crippen LogP contribution < -0.4 is 32.8 Å². The molecule has 0 saturated carbocycles. The zero-order valence-corrected chi connectivity index (χ0v) is 45.6. The predicted octanol–water partition coefficient (Wildman–Crippen LogP) is 13.5. The van der Waals surface area contributed by atoms with Gasteiger partial charge in [-0.3, -0.25) is 9.55 Å². The Labute approximate surface area is 457 Å². The third-order valence-electron chi connectivity index (χ3n) is 17.3. The first-order valence-electron chi connectivity index (χ1n) is 27.5. The zero-order chi connectivity index (χ0) is 53.1. The number of pyridine rings is 2. The molecule has 1 aliphatic heterocycles. The Morgan fingerprint density at radius 1 is 0.321 bits per heavy atom. The van der Waals surface area contributed by atoms with Crippen molar-refractivity contribution in [3.8, 4) is 45.0 Å². The predicted molar refractivity (Wildman–Crippen MR) is 334 cm³/mol. The van der Waals surface area contributed by atoms with E-state index in [1.165, 1.54) is 121 Å². The van der Waals surface area contributed by atoms with Gasteiger partial charge in [-0.05, 0) is 166 Å². The maximum atomic E-state index is 5.29. The van der Waals surface area contributed by atoms with Gasteiger partial charge >= 0.3 is 0 Å². The summed E-state index contributed by atoms with van der Waals surface area (Å²) in [6.45, 7) is 18.1. The van der Waals surface area contributed by atoms with Crippen molar-refractivity contribution in [2.45, 2.75) is 55.4 Å². The highest BCUT2D eigenvalue weighted by atomic mass is 15.1. The SMILES string of the molecule is Cc1cc(-c2c(C)cccc2C)cc(C)c1B1c2ccccc2B(c2c(C)cc(-c3c(C)cccc3C)cc2C)c2c1cc(-n1c3ccccc3c3cc4c5ccccc5n(-c5ccccn5)c4cc31)cc2-c1ccccn1. The number of rotatable bonds is 7. The normalized spacial score (nSPS) is 12.3. The molecule has 13 aromatic rings. The number of benzene rings is 9. The first-order valence-corrected chi connectivity index (χ1v) is 27.5. The molecule has 0 bridgehead atoms. The van der Waals surface area contributed by atoms with Gasteiger partial charge in [-0.25, -0.2) is 4.98 Å². The van der Waals surface area contributed by atoms with Gasteiger partial charge in [-0.15, -0.1) is 0 Å². The molecule has 0 amide bonds. The maximum Gasteiger partial charge on any atom is 0.241 e. The quantitative estimate of drug-likeness (QED) is 0.149. The second-order valence-corrected chi connectivity index (χ2v) is 22.1. The van der Waals surface area contributed by atoms with Crippen molar-refractivity contribution in [3.63, 3.8) is 0 Å². The van der Waals surface area contributed by atoms with Crippen LogP contribution >= 0.6 is 0 Å². The lowest BCUT2D eigenvalue weighted by atomic mass is 9.19. The van der Waals surface area contributed by atoms with E-state index in [1.54, 1.807) is 0 Å². The van der Waals surface area contributed by atoms with Crippen LogP contribution in [0.5, 0.6) is 0 Å². The van der Waals surface area contributed by atoms with Gasteiger partial charge in [0.15, 0.2) is 0 Å². The summed E-state index contributed by atoms with van der Waals surface area (Å²) in [6, 6.07) is 72.6. The molecule has 78 heavy (non-hydrogen) atoms. The summed E-state index contributed by atoms with van der Waals surface area (Å²) in [5.74, 6) is 0.895. The van der Waals surface area contributed by atoms with Crippen LogP contribution in [-0.4, -0.2) is 32.5 Å². The van der Waals surface area contributed by atoms with Gasteiger partial charge in [-0.1, -0.05) is 188 Å². The van der Waals surface area contributed by atoms with Crippen molar-refractivity contribution in [2.24, 2.45) is 0 Å². The van der Waals surface area contributed by atoms with E-state index >= 15 is 0 Å². The molecule has 0 aliphatic carbocycles. The Morgan fingerprint density at radius 2 is 0.795 bits per heavy atom. The molecular weight excluding hydrogens is 942 g/mol. The van der Waals surface area contributed by atoms with Gasteiger partial charge in [0, 0.05) is 39.6 Å². The highest BCUT2D eigenvalue weighted by Gasteiger charge is 2.43. The van der Waals surface area contributed by atoms with Crippen molar-refractivity contribution in [1.82, 2.24) is 19.1 Å². The average molecular weight is 1000 g/mol. The zero-order valence-electron chi connectivity index (χ0n) is 45.6. The number of aromatic nitrogens is 4. The van der Waals surface area contributed by atoms with Crippen molar-refractivity contribution in [3.05, 3.63) is 251 Å². The molecule has 4 nitrogen and oxygen atoms in total. The molecule has 5 heterocycles. The lowest BCUT2D eigenvalue weighted by Gasteiger charge is -2.36. The molecule has 9 aromatic carbocycles. The minimum Gasteiger partial charge on any atom is -0.309 e. The Morgan fingerprint density at radius 3 is 1.33 bits per heavy atom. The molecule has 0 unspecified atom stereocenters. The topological polar surface area (TPSA) is 35.6 Å². The van der Waals surface area contributed by atoms with Crippen LogP contribution in [0.2, 0.25) is 0 Å². The molecule has 14 rings (SSSR count). The molecule has 0 spiro atoms. The van der Waals surface area contributed by atoms with Crippen molar-refractivity contribution in [2.75, 3.05) is 0 Å². The van der Waals surface area contributed by atoms with E-state index in [4.69, 9.17) is 9.97 Å². The highest BCUT2D eigenvalue weighted by Crippen LogP contribution is 2.40. The fourth-order valence-electron chi connectivity index (χ4n) is 14.2. The van der Waals surface area contributed by atoms with Gasteiger partial charge in [0.25, 0.3) is 0 Å². The van der Waals surface area contributed by atoms with E-state index in [0.717, 1.165) is 44.8 Å². The maximum absolute atomic E-state index is 5.29. The van der Waals surface area contributed by atoms with Crippen LogP contribution in [0, 0.1) is 55.4 Å². The number of hydrogen-bond acceptors (Lipinski definition) is 2. The minimum absolute atomic E-state index is 0.0909. The van der Waals surface area contributed by atoms with E-state index in [9.17, 15) is 0 Å². The first-order chi connectivity index (χ1) is 38.0. The second kappa shape index (κ2) is 18.3. The Balaban J connectivity index is 1.11. The van der Waals surface area contributed by atoms with Gasteiger partial charge in [0.2, 0.25) is 13.4 Å². The minimum atomic E-state index is -0.0946. The van der Waals surface area contributed by atoms with Gasteiger partial charge in [0.1, 0.15) is 5.82 Å². The summed E-state index contributed by atoms with van der Waals surface area (Å²) in [4.78, 5) is 10.2. The third-order valence-corrected chi connectivity index (χ3v) is 17.3. The Kier molecular flexibility index (Phi) is 11.2. The summed E-state index contributed by atoms with van der Waals surface area (Å²) < 4.78 is 4.86. The molecule has 4 aromatic heterocycles. The summed E-state index contributed by atoms with van der Waals surface area (Å²) >= 11 is 0. The molecule has 6 heteroatoms. The largest absolute Gasteiger partial charge is 0.309 e. The molecular formula is C72H58B2N4. The van der Waals surface area contributed by atoms with Gasteiger partial charge < -0.3 is 4.57 Å². The lowest BCUT2D eigenvalue weighted by molar-refractivity contribution is 1.08. The van der Waals surface area contributed by atoms with E-state index in [2.05, 4.69) is 247 Å². The van der Waals surface area contributed by atoms with Crippen LogP contribution in [-0.2, 0) is 0 Å². The number of para-hydroxylation sites is 2. The van der Waals surface area contributed by atoms with Gasteiger partial charge in [-0.2, -0.15) is 0 Å². The number of nitrogens with zero attached hydrogens (tertiary/aromatic N) is 4. The van der Waals surface area contributed by atoms with Crippen LogP contribution in [0.3, 0.4) is 0 Å². The van der Waals surface area contributed by atoms with Crippen molar-refractivity contribution in [1.29, 1.82) is 0 Å². The van der Waals surface area contributed by atoms with E-state index < -0.39 is 0 Å². The van der Waals surface area contributed by atoms with Crippen molar-refractivity contribution < 1.29 is 0 Å². The summed E-state index contributed by atoms with van der Waals surface area (Å²) in [6.07, 6.45) is 3.85. The van der Waals surface area contributed by atoms with E-state index in [1.807, 2.05) is 24.5 Å². The number of hydrogen-bond donors (Lipinski definition) is 0. The van der Waals surface area contributed by atoms with Crippen LogP contribution in [0.15, 0.2) is 207 Å². The van der Waals surface area contributed by atoms with Crippen LogP contribution in [0.1, 0.15) is 44.5 Å². The van der Waals surface area contributed by atoms with E-state index in [0.29, 0.717) is 0 Å². The molecule has 0 fully saturated rings. The monoisotopic (exact) mass is 1000 g/mol. The van der Waals surface area contributed by atoms with Gasteiger partial charge in [0.05, 0.1) is 27.8 Å². The number of aryl methyl sites for hydroxylation is 8. The number of fused-ring (bicyclic) bond motifs is 8. The summed E-state index contributed by atoms with van der Waals surface area (Å²) in [7, 11) is 0. The first kappa shape index (κ1) is 47.5. The molecule has 0 radical (unpaired) electrons. The molecule has 0 atom stereocenters. The summed E-state index contributed by atoms with van der Waals surface area (Å²) in [5, 5.41) is 4.83.